The van der Waals surface area contributed by atoms with Crippen molar-refractivity contribution in [3.05, 3.63) is 49.1 Å². The number of nitrogens with zero attached hydrogens (tertiary/aromatic N) is 5. The first kappa shape index (κ1) is 17.5. The molecule has 0 saturated carbocycles. The molecule has 1 N–H and O–H groups in total. The monoisotopic (exact) mass is 362 g/mol. The molecule has 4 heterocycles. The minimum Gasteiger partial charge on any atom is -0.310 e. The fourth-order valence-electron chi connectivity index (χ4n) is 3.17. The Morgan fingerprint density at radius 3 is 2.67 bits per heavy atom. The molecule has 1 fully saturated rings. The van der Waals surface area contributed by atoms with E-state index in [0.717, 1.165) is 48.2 Å². The predicted octanol–water partition coefficient (Wildman–Crippen LogP) is 1.88. The second-order valence-electron chi connectivity index (χ2n) is 6.86. The first-order chi connectivity index (χ1) is 13.2. The van der Waals surface area contributed by atoms with Crippen LogP contribution in [0.2, 0.25) is 0 Å². The number of piperazine rings is 1. The van der Waals surface area contributed by atoms with Gasteiger partial charge in [0.15, 0.2) is 0 Å². The maximum atomic E-state index is 12.4. The van der Waals surface area contributed by atoms with E-state index in [1.165, 1.54) is 0 Å². The highest BCUT2D eigenvalue weighted by atomic mass is 16.2. The number of fused-ring (bicyclic) bond motifs is 1. The van der Waals surface area contributed by atoms with Crippen LogP contribution >= 0.6 is 0 Å². The van der Waals surface area contributed by atoms with Gasteiger partial charge >= 0.3 is 0 Å². The summed E-state index contributed by atoms with van der Waals surface area (Å²) in [7, 11) is 2.10. The van der Waals surface area contributed by atoms with E-state index in [4.69, 9.17) is 0 Å². The van der Waals surface area contributed by atoms with Crippen LogP contribution in [0.25, 0.3) is 22.0 Å². The van der Waals surface area contributed by atoms with Crippen LogP contribution in [0.4, 0.5) is 5.82 Å². The summed E-state index contributed by atoms with van der Waals surface area (Å²) in [6.07, 6.45) is 7.05. The number of carbonyl (C=O) groups is 1. The molecule has 7 nitrogen and oxygen atoms in total. The number of anilines is 1. The molecule has 1 saturated heterocycles. The predicted molar refractivity (Wildman–Crippen MR) is 105 cm³/mol. The molecule has 4 rings (SSSR count). The Morgan fingerprint density at radius 1 is 1.07 bits per heavy atom. The quantitative estimate of drug-likeness (QED) is 0.764. The van der Waals surface area contributed by atoms with Crippen molar-refractivity contribution >= 4 is 22.5 Å². The third-order valence-electron chi connectivity index (χ3n) is 4.79. The van der Waals surface area contributed by atoms with Gasteiger partial charge in [-0.25, -0.2) is 4.98 Å². The molecule has 7 heteroatoms. The largest absolute Gasteiger partial charge is 0.310 e. The molecule has 0 aromatic carbocycles. The number of hydrogen-bond acceptors (Lipinski definition) is 6. The second kappa shape index (κ2) is 7.77. The summed E-state index contributed by atoms with van der Waals surface area (Å²) in [6, 6.07) is 7.74. The first-order valence-electron chi connectivity index (χ1n) is 9.04. The zero-order chi connectivity index (χ0) is 18.6. The molecule has 0 aliphatic carbocycles. The number of likely N-dealkylation sites (N-methyl/N-ethyl adjacent to an activating group) is 1. The lowest BCUT2D eigenvalue weighted by Gasteiger charge is -2.31. The van der Waals surface area contributed by atoms with Crippen LogP contribution in [0.3, 0.4) is 0 Å². The number of rotatable bonds is 4. The average Bonchev–Trinajstić information content (AvgIpc) is 2.70. The van der Waals surface area contributed by atoms with Crippen LogP contribution in [-0.4, -0.2) is 70.4 Å². The summed E-state index contributed by atoms with van der Waals surface area (Å²) in [5.74, 6) is 0.526. The van der Waals surface area contributed by atoms with Crippen molar-refractivity contribution in [2.45, 2.75) is 0 Å². The summed E-state index contributed by atoms with van der Waals surface area (Å²) >= 11 is 0. The Balaban J connectivity index is 1.48. The van der Waals surface area contributed by atoms with Crippen molar-refractivity contribution in [2.75, 3.05) is 45.1 Å². The maximum Gasteiger partial charge on any atom is 0.239 e. The van der Waals surface area contributed by atoms with Gasteiger partial charge in [-0.05, 0) is 36.7 Å². The smallest absolute Gasteiger partial charge is 0.239 e. The van der Waals surface area contributed by atoms with Gasteiger partial charge in [-0.1, -0.05) is 0 Å². The first-order valence-corrected chi connectivity index (χ1v) is 9.04. The fourth-order valence-corrected chi connectivity index (χ4v) is 3.17. The van der Waals surface area contributed by atoms with Gasteiger partial charge in [0.2, 0.25) is 5.91 Å². The van der Waals surface area contributed by atoms with Gasteiger partial charge < -0.3 is 10.2 Å². The van der Waals surface area contributed by atoms with Crippen LogP contribution in [0.5, 0.6) is 0 Å². The molecule has 1 amide bonds. The van der Waals surface area contributed by atoms with Gasteiger partial charge in [0, 0.05) is 61.9 Å². The number of nitrogens with one attached hydrogen (secondary N) is 1. The number of aromatic nitrogens is 3. The number of hydrogen-bond donors (Lipinski definition) is 1. The molecule has 1 aliphatic rings. The summed E-state index contributed by atoms with van der Waals surface area (Å²) in [5.41, 5.74) is 1.80. The van der Waals surface area contributed by atoms with Crippen molar-refractivity contribution in [1.82, 2.24) is 24.8 Å². The fraction of sp³-hybridized carbons (Fsp3) is 0.300. The van der Waals surface area contributed by atoms with Gasteiger partial charge in [-0.2, -0.15) is 0 Å². The van der Waals surface area contributed by atoms with E-state index < -0.39 is 0 Å². The highest BCUT2D eigenvalue weighted by Crippen LogP contribution is 2.22. The van der Waals surface area contributed by atoms with Crippen molar-refractivity contribution in [2.24, 2.45) is 0 Å². The molecular weight excluding hydrogens is 340 g/mol. The third-order valence-corrected chi connectivity index (χ3v) is 4.79. The highest BCUT2D eigenvalue weighted by Gasteiger charge is 2.16. The van der Waals surface area contributed by atoms with Crippen molar-refractivity contribution in [3.8, 4) is 11.3 Å². The summed E-state index contributed by atoms with van der Waals surface area (Å²) in [6.45, 7) is 4.20. The summed E-state index contributed by atoms with van der Waals surface area (Å²) in [5, 5.41) is 4.82. The molecule has 0 atom stereocenters. The van der Waals surface area contributed by atoms with E-state index in [9.17, 15) is 4.79 Å². The highest BCUT2D eigenvalue weighted by molar-refractivity contribution is 5.94. The Labute approximate surface area is 158 Å². The van der Waals surface area contributed by atoms with Gasteiger partial charge in [-0.15, -0.1) is 0 Å². The normalized spacial score (nSPS) is 15.7. The molecule has 3 aromatic rings. The van der Waals surface area contributed by atoms with Gasteiger partial charge in [0.1, 0.15) is 5.82 Å². The molecule has 0 radical (unpaired) electrons. The van der Waals surface area contributed by atoms with Crippen molar-refractivity contribution in [1.29, 1.82) is 0 Å². The van der Waals surface area contributed by atoms with Crippen LogP contribution in [0.15, 0.2) is 49.1 Å². The zero-order valence-electron chi connectivity index (χ0n) is 15.3. The molecule has 0 spiro atoms. The van der Waals surface area contributed by atoms with E-state index in [1.807, 2.05) is 24.3 Å². The Bertz CT molecular complexity index is 938. The molecular formula is C20H22N6O. The van der Waals surface area contributed by atoms with Crippen molar-refractivity contribution in [3.63, 3.8) is 0 Å². The zero-order valence-corrected chi connectivity index (χ0v) is 15.3. The Kier molecular flexibility index (Phi) is 5.04. The lowest BCUT2D eigenvalue weighted by molar-refractivity contribution is -0.117. The van der Waals surface area contributed by atoms with Crippen LogP contribution in [-0.2, 0) is 4.79 Å². The standard InChI is InChI=1S/C20H22N6O/c1-25-5-7-26(8-6-25)14-20(27)24-19-10-16-9-18(15-3-2-4-21-11-15)22-12-17(16)13-23-19/h2-4,9-13H,5-8,14H2,1H3,(H,23,24,27). The number of amides is 1. The topological polar surface area (TPSA) is 74.2 Å². The molecule has 1 aliphatic heterocycles. The minimum atomic E-state index is -0.0343. The summed E-state index contributed by atoms with van der Waals surface area (Å²) < 4.78 is 0. The number of pyridine rings is 3. The SMILES string of the molecule is CN1CCN(CC(=O)Nc2cc3cc(-c4cccnc4)ncc3cn2)CC1. The molecule has 138 valence electrons. The Morgan fingerprint density at radius 2 is 1.89 bits per heavy atom. The van der Waals surface area contributed by atoms with E-state index in [2.05, 4.69) is 37.1 Å². The lowest BCUT2D eigenvalue weighted by Crippen LogP contribution is -2.47. The molecule has 0 unspecified atom stereocenters. The lowest BCUT2D eigenvalue weighted by atomic mass is 10.1. The molecule has 0 bridgehead atoms. The molecule has 27 heavy (non-hydrogen) atoms. The van der Waals surface area contributed by atoms with Crippen LogP contribution in [0, 0.1) is 0 Å². The van der Waals surface area contributed by atoms with E-state index in [1.54, 1.807) is 24.8 Å². The maximum absolute atomic E-state index is 12.4. The second-order valence-corrected chi connectivity index (χ2v) is 6.86. The minimum absolute atomic E-state index is 0.0343. The van der Waals surface area contributed by atoms with Gasteiger partial charge in [0.05, 0.1) is 12.2 Å². The van der Waals surface area contributed by atoms with E-state index >= 15 is 0 Å². The summed E-state index contributed by atoms with van der Waals surface area (Å²) in [4.78, 5) is 29.8. The van der Waals surface area contributed by atoms with Gasteiger partial charge in [0.25, 0.3) is 0 Å². The van der Waals surface area contributed by atoms with Crippen LogP contribution in [0.1, 0.15) is 0 Å². The van der Waals surface area contributed by atoms with E-state index in [-0.39, 0.29) is 5.91 Å². The van der Waals surface area contributed by atoms with E-state index in [0.29, 0.717) is 12.4 Å². The van der Waals surface area contributed by atoms with Crippen LogP contribution < -0.4 is 5.32 Å². The molecule has 3 aromatic heterocycles. The van der Waals surface area contributed by atoms with Crippen molar-refractivity contribution < 1.29 is 4.79 Å². The van der Waals surface area contributed by atoms with Gasteiger partial charge in [-0.3, -0.25) is 19.7 Å². The average molecular weight is 362 g/mol. The Hall–Kier alpha value is -2.90. The third kappa shape index (κ3) is 4.27. The number of carbonyl (C=O) groups excluding carboxylic acids is 1.